The summed E-state index contributed by atoms with van der Waals surface area (Å²) in [4.78, 5) is 24.6. The van der Waals surface area contributed by atoms with Crippen molar-refractivity contribution in [2.75, 3.05) is 56.2 Å². The molecule has 2 aromatic carbocycles. The van der Waals surface area contributed by atoms with E-state index in [0.29, 0.717) is 26.1 Å². The van der Waals surface area contributed by atoms with Crippen LogP contribution in [0.5, 0.6) is 5.75 Å². The molecule has 1 aromatic heterocycles. The third-order valence-electron chi connectivity index (χ3n) is 6.79. The largest absolute Gasteiger partial charge is 0.495 e. The van der Waals surface area contributed by atoms with Crippen LogP contribution in [0.3, 0.4) is 0 Å². The van der Waals surface area contributed by atoms with E-state index < -0.39 is 0 Å². The van der Waals surface area contributed by atoms with Gasteiger partial charge in [-0.1, -0.05) is 24.3 Å². The molecular formula is C26H30FN5O2S. The number of piperazine rings is 1. The second-order valence-electron chi connectivity index (χ2n) is 9.07. The van der Waals surface area contributed by atoms with Gasteiger partial charge in [0.1, 0.15) is 17.4 Å². The zero-order chi connectivity index (χ0) is 24.2. The minimum Gasteiger partial charge on any atom is -0.495 e. The summed E-state index contributed by atoms with van der Waals surface area (Å²) >= 11 is 1.38. The van der Waals surface area contributed by atoms with Crippen LogP contribution in [-0.2, 0) is 11.2 Å². The average Bonchev–Trinajstić information content (AvgIpc) is 3.38. The second-order valence-corrected chi connectivity index (χ2v) is 9.80. The van der Waals surface area contributed by atoms with Crippen molar-refractivity contribution >= 4 is 28.3 Å². The Hall–Kier alpha value is -3.20. The van der Waals surface area contributed by atoms with E-state index >= 15 is 0 Å². The van der Waals surface area contributed by atoms with E-state index in [0.717, 1.165) is 60.4 Å². The first-order valence-electron chi connectivity index (χ1n) is 12.1. The van der Waals surface area contributed by atoms with E-state index in [1.54, 1.807) is 19.2 Å². The number of anilines is 2. The summed E-state index contributed by atoms with van der Waals surface area (Å²) in [5, 5.41) is 0.862. The lowest BCUT2D eigenvalue weighted by molar-refractivity contribution is -0.136. The average molecular weight is 496 g/mol. The fourth-order valence-electron chi connectivity index (χ4n) is 4.90. The minimum absolute atomic E-state index is 0.0222. The van der Waals surface area contributed by atoms with Gasteiger partial charge in [0.25, 0.3) is 0 Å². The number of para-hydroxylation sites is 2. The summed E-state index contributed by atoms with van der Waals surface area (Å²) in [5.41, 5.74) is 2.06. The fourth-order valence-corrected chi connectivity index (χ4v) is 5.62. The molecule has 1 amide bonds. The molecule has 2 fully saturated rings. The molecule has 5 rings (SSSR count). The van der Waals surface area contributed by atoms with Crippen LogP contribution in [0, 0.1) is 11.7 Å². The molecule has 1 unspecified atom stereocenters. The van der Waals surface area contributed by atoms with Crippen LogP contribution in [0.2, 0.25) is 0 Å². The summed E-state index contributed by atoms with van der Waals surface area (Å²) in [6.45, 7) is 4.59. The number of amides is 1. The number of benzene rings is 2. The van der Waals surface area contributed by atoms with Gasteiger partial charge >= 0.3 is 0 Å². The Morgan fingerprint density at radius 3 is 2.60 bits per heavy atom. The molecule has 0 saturated carbocycles. The Kier molecular flexibility index (Phi) is 7.13. The van der Waals surface area contributed by atoms with Gasteiger partial charge in [0.2, 0.25) is 11.0 Å². The van der Waals surface area contributed by atoms with Crippen molar-refractivity contribution in [3.8, 4) is 5.75 Å². The molecule has 1 atom stereocenters. The highest BCUT2D eigenvalue weighted by Crippen LogP contribution is 2.30. The number of hydrogen-bond donors (Lipinski definition) is 0. The van der Waals surface area contributed by atoms with Gasteiger partial charge in [-0.3, -0.25) is 4.79 Å². The van der Waals surface area contributed by atoms with Crippen molar-refractivity contribution in [2.45, 2.75) is 19.3 Å². The molecule has 2 aliphatic heterocycles. The van der Waals surface area contributed by atoms with Crippen molar-refractivity contribution in [3.05, 3.63) is 65.7 Å². The maximum Gasteiger partial charge on any atom is 0.227 e. The number of halogens is 1. The number of carbonyl (C=O) groups excluding carboxylic acids is 1. The van der Waals surface area contributed by atoms with E-state index in [4.69, 9.17) is 9.72 Å². The topological polar surface area (TPSA) is 61.8 Å². The monoisotopic (exact) mass is 495 g/mol. The summed E-state index contributed by atoms with van der Waals surface area (Å²) in [6, 6.07) is 14.5. The molecule has 3 aromatic rings. The maximum atomic E-state index is 13.4. The van der Waals surface area contributed by atoms with E-state index in [1.807, 2.05) is 23.1 Å². The highest BCUT2D eigenvalue weighted by Gasteiger charge is 2.32. The van der Waals surface area contributed by atoms with Gasteiger partial charge < -0.3 is 19.4 Å². The Bertz CT molecular complexity index is 1150. The number of aromatic nitrogens is 2. The van der Waals surface area contributed by atoms with Crippen LogP contribution in [0.25, 0.3) is 0 Å². The van der Waals surface area contributed by atoms with Gasteiger partial charge in [-0.25, -0.2) is 9.37 Å². The normalized spacial score (nSPS) is 18.6. The zero-order valence-corrected chi connectivity index (χ0v) is 20.7. The van der Waals surface area contributed by atoms with E-state index in [-0.39, 0.29) is 17.6 Å². The molecule has 184 valence electrons. The lowest BCUT2D eigenvalue weighted by Gasteiger charge is -2.39. The Labute approximate surface area is 209 Å². The van der Waals surface area contributed by atoms with Gasteiger partial charge in [-0.15, -0.1) is 0 Å². The number of carbonyl (C=O) groups is 1. The predicted octanol–water partition coefficient (Wildman–Crippen LogP) is 3.84. The van der Waals surface area contributed by atoms with Crippen molar-refractivity contribution < 1.29 is 13.9 Å². The Morgan fingerprint density at radius 2 is 1.83 bits per heavy atom. The number of nitrogens with zero attached hydrogens (tertiary/aromatic N) is 5. The molecule has 0 spiro atoms. The van der Waals surface area contributed by atoms with Crippen LogP contribution in [0.4, 0.5) is 15.2 Å². The predicted molar refractivity (Wildman–Crippen MR) is 136 cm³/mol. The number of methoxy groups -OCH3 is 1. The van der Waals surface area contributed by atoms with Crippen molar-refractivity contribution in [3.63, 3.8) is 0 Å². The SMILES string of the molecule is COc1ccccc1N1CCN(C(=O)C2CCCN(c3nc(Cc4ccc(F)cc4)ns3)C2)CC1. The van der Waals surface area contributed by atoms with Gasteiger partial charge in [0.15, 0.2) is 0 Å². The van der Waals surface area contributed by atoms with Crippen molar-refractivity contribution in [1.29, 1.82) is 0 Å². The van der Waals surface area contributed by atoms with Gasteiger partial charge in [0, 0.05) is 57.2 Å². The van der Waals surface area contributed by atoms with E-state index in [1.165, 1.54) is 23.7 Å². The summed E-state index contributed by atoms with van der Waals surface area (Å²) in [7, 11) is 1.69. The highest BCUT2D eigenvalue weighted by molar-refractivity contribution is 7.09. The molecule has 35 heavy (non-hydrogen) atoms. The maximum absolute atomic E-state index is 13.4. The minimum atomic E-state index is -0.245. The van der Waals surface area contributed by atoms with E-state index in [2.05, 4.69) is 20.2 Å². The summed E-state index contributed by atoms with van der Waals surface area (Å²) in [6.07, 6.45) is 2.44. The standard InChI is InChI=1S/C26H30FN5O2S/c1-34-23-7-3-2-6-22(23)30-13-15-31(16-14-30)25(33)20-5-4-12-32(18-20)26-28-24(29-35-26)17-19-8-10-21(27)11-9-19/h2-3,6-11,20H,4-5,12-18H2,1H3. The van der Waals surface area contributed by atoms with Crippen LogP contribution in [0.1, 0.15) is 24.2 Å². The lowest BCUT2D eigenvalue weighted by atomic mass is 9.96. The molecule has 0 bridgehead atoms. The van der Waals surface area contributed by atoms with Crippen LogP contribution in [0.15, 0.2) is 48.5 Å². The smallest absolute Gasteiger partial charge is 0.227 e. The molecule has 0 aliphatic carbocycles. The molecule has 3 heterocycles. The first-order chi connectivity index (χ1) is 17.1. The second kappa shape index (κ2) is 10.6. The molecule has 0 radical (unpaired) electrons. The third kappa shape index (κ3) is 5.40. The number of ether oxygens (including phenoxy) is 1. The van der Waals surface area contributed by atoms with Gasteiger partial charge in [0.05, 0.1) is 18.7 Å². The number of rotatable bonds is 6. The molecule has 9 heteroatoms. The quantitative estimate of drug-likeness (QED) is 0.518. The van der Waals surface area contributed by atoms with Crippen molar-refractivity contribution in [1.82, 2.24) is 14.3 Å². The molecule has 7 nitrogen and oxygen atoms in total. The Balaban J connectivity index is 1.17. The van der Waals surface area contributed by atoms with E-state index in [9.17, 15) is 9.18 Å². The van der Waals surface area contributed by atoms with Gasteiger partial charge in [-0.05, 0) is 42.7 Å². The molecule has 2 saturated heterocycles. The van der Waals surface area contributed by atoms with Crippen molar-refractivity contribution in [2.24, 2.45) is 5.92 Å². The first kappa shape index (κ1) is 23.5. The summed E-state index contributed by atoms with van der Waals surface area (Å²) < 4.78 is 23.2. The first-order valence-corrected chi connectivity index (χ1v) is 12.9. The zero-order valence-electron chi connectivity index (χ0n) is 19.9. The van der Waals surface area contributed by atoms with Crippen LogP contribution < -0.4 is 14.5 Å². The summed E-state index contributed by atoms with van der Waals surface area (Å²) in [5.74, 6) is 1.57. The molecular weight excluding hydrogens is 465 g/mol. The Morgan fingerprint density at radius 1 is 1.06 bits per heavy atom. The number of piperidine rings is 1. The van der Waals surface area contributed by atoms with Crippen LogP contribution >= 0.6 is 11.5 Å². The lowest BCUT2D eigenvalue weighted by Crippen LogP contribution is -2.52. The third-order valence-corrected chi connectivity index (χ3v) is 7.61. The van der Waals surface area contributed by atoms with Gasteiger partial charge in [-0.2, -0.15) is 4.37 Å². The molecule has 2 aliphatic rings. The molecule has 0 N–H and O–H groups in total. The highest BCUT2D eigenvalue weighted by atomic mass is 32.1. The number of hydrogen-bond acceptors (Lipinski definition) is 7. The fraction of sp³-hybridized carbons (Fsp3) is 0.423. The van der Waals surface area contributed by atoms with Crippen LogP contribution in [-0.4, -0.2) is 66.5 Å².